The van der Waals surface area contributed by atoms with Crippen LogP contribution in [0.2, 0.25) is 0 Å². The molecule has 0 bridgehead atoms. The van der Waals surface area contributed by atoms with E-state index in [2.05, 4.69) is 27.4 Å². The molecule has 0 saturated carbocycles. The smallest absolute Gasteiger partial charge is 0.190 e. The van der Waals surface area contributed by atoms with Crippen molar-refractivity contribution < 1.29 is 0 Å². The summed E-state index contributed by atoms with van der Waals surface area (Å²) in [5.41, 5.74) is 0. The summed E-state index contributed by atoms with van der Waals surface area (Å²) in [6.07, 6.45) is 7.76. The summed E-state index contributed by atoms with van der Waals surface area (Å²) in [4.78, 5) is 6.79. The fourth-order valence-electron chi connectivity index (χ4n) is 2.32. The Morgan fingerprint density at radius 2 is 1.72 bits per heavy atom. The van der Waals surface area contributed by atoms with Crippen LogP contribution in [0.3, 0.4) is 0 Å². The van der Waals surface area contributed by atoms with Gasteiger partial charge in [0.2, 0.25) is 0 Å². The van der Waals surface area contributed by atoms with Crippen molar-refractivity contribution in [2.75, 3.05) is 39.8 Å². The van der Waals surface area contributed by atoms with Gasteiger partial charge in [-0.1, -0.05) is 19.8 Å². The average molecular weight is 254 g/mol. The number of rotatable bonds is 8. The molecule has 0 amide bonds. The molecule has 1 heterocycles. The second-order valence-corrected chi connectivity index (χ2v) is 5.04. The first-order valence-electron chi connectivity index (χ1n) is 7.53. The predicted molar refractivity (Wildman–Crippen MR) is 79.2 cm³/mol. The standard InChI is InChI=1S/C14H30N4/c1-3-4-5-9-16-14(15-2)17-10-8-13-18-11-6-7-12-18/h3-13H2,1-2H3,(H2,15,16,17). The zero-order valence-electron chi connectivity index (χ0n) is 12.2. The number of aliphatic imine (C=N–C) groups is 1. The molecular formula is C14H30N4. The molecular weight excluding hydrogens is 224 g/mol. The van der Waals surface area contributed by atoms with Crippen molar-refractivity contribution in [3.8, 4) is 0 Å². The Morgan fingerprint density at radius 1 is 1.06 bits per heavy atom. The maximum absolute atomic E-state index is 4.24. The third-order valence-corrected chi connectivity index (χ3v) is 3.44. The Balaban J connectivity index is 1.97. The van der Waals surface area contributed by atoms with Crippen LogP contribution in [-0.4, -0.2) is 50.6 Å². The normalized spacial score (nSPS) is 17.1. The Kier molecular flexibility index (Phi) is 8.65. The molecule has 1 rings (SSSR count). The molecule has 4 heteroatoms. The summed E-state index contributed by atoms with van der Waals surface area (Å²) in [7, 11) is 1.84. The molecule has 4 nitrogen and oxygen atoms in total. The van der Waals surface area contributed by atoms with Gasteiger partial charge in [-0.15, -0.1) is 0 Å². The van der Waals surface area contributed by atoms with E-state index < -0.39 is 0 Å². The summed E-state index contributed by atoms with van der Waals surface area (Å²) in [5, 5.41) is 6.74. The first-order chi connectivity index (χ1) is 8.86. The van der Waals surface area contributed by atoms with Crippen LogP contribution in [0.1, 0.15) is 45.4 Å². The molecule has 106 valence electrons. The van der Waals surface area contributed by atoms with Gasteiger partial charge in [-0.2, -0.15) is 0 Å². The average Bonchev–Trinajstić information content (AvgIpc) is 2.90. The van der Waals surface area contributed by atoms with Crippen LogP contribution in [0.5, 0.6) is 0 Å². The van der Waals surface area contributed by atoms with Crippen LogP contribution in [0.15, 0.2) is 4.99 Å². The summed E-state index contributed by atoms with van der Waals surface area (Å²) < 4.78 is 0. The van der Waals surface area contributed by atoms with E-state index in [0.717, 1.165) is 19.0 Å². The monoisotopic (exact) mass is 254 g/mol. The molecule has 18 heavy (non-hydrogen) atoms. The van der Waals surface area contributed by atoms with Crippen LogP contribution in [-0.2, 0) is 0 Å². The molecule has 1 saturated heterocycles. The van der Waals surface area contributed by atoms with Gasteiger partial charge in [0.25, 0.3) is 0 Å². The van der Waals surface area contributed by atoms with Crippen molar-refractivity contribution in [2.45, 2.75) is 45.4 Å². The Morgan fingerprint density at radius 3 is 2.33 bits per heavy atom. The molecule has 1 aliphatic rings. The summed E-state index contributed by atoms with van der Waals surface area (Å²) in [6, 6.07) is 0. The highest BCUT2D eigenvalue weighted by Crippen LogP contribution is 2.06. The zero-order chi connectivity index (χ0) is 13.1. The van der Waals surface area contributed by atoms with Crippen LogP contribution in [0.4, 0.5) is 0 Å². The van der Waals surface area contributed by atoms with Crippen molar-refractivity contribution in [2.24, 2.45) is 4.99 Å². The number of unbranched alkanes of at least 4 members (excludes halogenated alkanes) is 2. The van der Waals surface area contributed by atoms with Crippen LogP contribution in [0, 0.1) is 0 Å². The molecule has 0 spiro atoms. The Labute approximate surface area is 112 Å². The molecule has 0 aromatic heterocycles. The number of guanidine groups is 1. The highest BCUT2D eigenvalue weighted by Gasteiger charge is 2.10. The molecule has 1 fully saturated rings. The van der Waals surface area contributed by atoms with Gasteiger partial charge in [-0.05, 0) is 45.3 Å². The highest BCUT2D eigenvalue weighted by atomic mass is 15.2. The van der Waals surface area contributed by atoms with E-state index in [0.29, 0.717) is 0 Å². The van der Waals surface area contributed by atoms with Gasteiger partial charge in [0.15, 0.2) is 5.96 Å². The maximum atomic E-state index is 4.24. The van der Waals surface area contributed by atoms with Gasteiger partial charge in [0.1, 0.15) is 0 Å². The number of hydrogen-bond acceptors (Lipinski definition) is 2. The third-order valence-electron chi connectivity index (χ3n) is 3.44. The lowest BCUT2D eigenvalue weighted by Crippen LogP contribution is -2.39. The first-order valence-corrected chi connectivity index (χ1v) is 7.53. The van der Waals surface area contributed by atoms with E-state index in [1.54, 1.807) is 0 Å². The maximum Gasteiger partial charge on any atom is 0.190 e. The van der Waals surface area contributed by atoms with Crippen molar-refractivity contribution in [1.29, 1.82) is 0 Å². The number of likely N-dealkylation sites (tertiary alicyclic amines) is 1. The lowest BCUT2D eigenvalue weighted by atomic mass is 10.2. The lowest BCUT2D eigenvalue weighted by Gasteiger charge is -2.15. The third kappa shape index (κ3) is 6.84. The molecule has 0 radical (unpaired) electrons. The topological polar surface area (TPSA) is 39.7 Å². The van der Waals surface area contributed by atoms with Gasteiger partial charge in [-0.25, -0.2) is 0 Å². The minimum Gasteiger partial charge on any atom is -0.356 e. The molecule has 2 N–H and O–H groups in total. The van der Waals surface area contributed by atoms with E-state index >= 15 is 0 Å². The number of nitrogens with zero attached hydrogens (tertiary/aromatic N) is 2. The fraction of sp³-hybridized carbons (Fsp3) is 0.929. The van der Waals surface area contributed by atoms with E-state index in [-0.39, 0.29) is 0 Å². The lowest BCUT2D eigenvalue weighted by molar-refractivity contribution is 0.334. The van der Waals surface area contributed by atoms with Gasteiger partial charge >= 0.3 is 0 Å². The highest BCUT2D eigenvalue weighted by molar-refractivity contribution is 5.79. The Hall–Kier alpha value is -0.770. The molecule has 0 atom stereocenters. The second-order valence-electron chi connectivity index (χ2n) is 5.04. The van der Waals surface area contributed by atoms with E-state index in [4.69, 9.17) is 0 Å². The van der Waals surface area contributed by atoms with Gasteiger partial charge in [0, 0.05) is 20.1 Å². The van der Waals surface area contributed by atoms with Crippen molar-refractivity contribution in [3.63, 3.8) is 0 Å². The molecule has 0 aromatic rings. The summed E-state index contributed by atoms with van der Waals surface area (Å²) in [5.74, 6) is 0.951. The van der Waals surface area contributed by atoms with Crippen molar-refractivity contribution in [3.05, 3.63) is 0 Å². The number of hydrogen-bond donors (Lipinski definition) is 2. The van der Waals surface area contributed by atoms with Crippen molar-refractivity contribution >= 4 is 5.96 Å². The van der Waals surface area contributed by atoms with Crippen LogP contribution >= 0.6 is 0 Å². The fourth-order valence-corrected chi connectivity index (χ4v) is 2.32. The van der Waals surface area contributed by atoms with E-state index in [9.17, 15) is 0 Å². The minimum absolute atomic E-state index is 0.951. The zero-order valence-corrected chi connectivity index (χ0v) is 12.2. The predicted octanol–water partition coefficient (Wildman–Crippen LogP) is 1.83. The minimum atomic E-state index is 0.951. The van der Waals surface area contributed by atoms with E-state index in [1.807, 2.05) is 7.05 Å². The first kappa shape index (κ1) is 15.3. The van der Waals surface area contributed by atoms with Gasteiger partial charge < -0.3 is 15.5 Å². The van der Waals surface area contributed by atoms with Crippen LogP contribution in [0.25, 0.3) is 0 Å². The van der Waals surface area contributed by atoms with Crippen molar-refractivity contribution in [1.82, 2.24) is 15.5 Å². The summed E-state index contributed by atoms with van der Waals surface area (Å²) >= 11 is 0. The SMILES string of the molecule is CCCCCNC(=NC)NCCCN1CCCC1. The van der Waals surface area contributed by atoms with Gasteiger partial charge in [0.05, 0.1) is 0 Å². The van der Waals surface area contributed by atoms with Crippen LogP contribution < -0.4 is 10.6 Å². The largest absolute Gasteiger partial charge is 0.356 e. The van der Waals surface area contributed by atoms with Gasteiger partial charge in [-0.3, -0.25) is 4.99 Å². The second kappa shape index (κ2) is 10.2. The summed E-state index contributed by atoms with van der Waals surface area (Å²) in [6.45, 7) is 8.09. The molecule has 1 aliphatic heterocycles. The van der Waals surface area contributed by atoms with E-state index in [1.165, 1.54) is 58.2 Å². The molecule has 0 unspecified atom stereocenters. The molecule has 0 aliphatic carbocycles. The quantitative estimate of drug-likeness (QED) is 0.394. The molecule has 0 aromatic carbocycles. The Bertz CT molecular complexity index is 222. The number of nitrogens with one attached hydrogen (secondary N) is 2.